The smallest absolute Gasteiger partial charge is 0.341 e. The second kappa shape index (κ2) is 7.45. The molecule has 1 heterocycles. The normalized spacial score (nSPS) is 10.4. The van der Waals surface area contributed by atoms with E-state index in [1.165, 1.54) is 10.9 Å². The molecule has 0 unspecified atom stereocenters. The first kappa shape index (κ1) is 16.6. The highest BCUT2D eigenvalue weighted by atomic mass is 16.5. The molecule has 2 aromatic rings. The monoisotopic (exact) mass is 313 g/mol. The molecule has 2 rings (SSSR count). The van der Waals surface area contributed by atoms with Crippen molar-refractivity contribution in [2.24, 2.45) is 5.92 Å². The van der Waals surface area contributed by atoms with E-state index in [0.717, 1.165) is 0 Å². The molecule has 0 bridgehead atoms. The predicted octanol–water partition coefficient (Wildman–Crippen LogP) is 2.96. The van der Waals surface area contributed by atoms with Crippen molar-refractivity contribution < 1.29 is 14.3 Å². The van der Waals surface area contributed by atoms with Crippen molar-refractivity contribution in [3.8, 4) is 17.5 Å². The van der Waals surface area contributed by atoms with Gasteiger partial charge in [-0.3, -0.25) is 0 Å². The Balaban J connectivity index is 2.24. The minimum Gasteiger partial charge on any atom is -0.492 e. The summed E-state index contributed by atoms with van der Waals surface area (Å²) < 4.78 is 12.1. The minimum absolute atomic E-state index is 0.310. The Morgan fingerprint density at radius 3 is 2.87 bits per heavy atom. The third kappa shape index (κ3) is 4.10. The van der Waals surface area contributed by atoms with Gasteiger partial charge in [0.25, 0.3) is 0 Å². The zero-order valence-corrected chi connectivity index (χ0v) is 13.4. The molecule has 0 amide bonds. The van der Waals surface area contributed by atoms with Gasteiger partial charge in [-0.05, 0) is 31.0 Å². The van der Waals surface area contributed by atoms with Gasteiger partial charge >= 0.3 is 5.97 Å². The maximum Gasteiger partial charge on any atom is 0.341 e. The summed E-state index contributed by atoms with van der Waals surface area (Å²) >= 11 is 0. The highest BCUT2D eigenvalue weighted by Gasteiger charge is 2.12. The summed E-state index contributed by atoms with van der Waals surface area (Å²) in [6.07, 6.45) is 3.01. The molecular weight excluding hydrogens is 294 g/mol. The number of ether oxygens (including phenoxy) is 2. The Morgan fingerprint density at radius 1 is 1.43 bits per heavy atom. The third-order valence-electron chi connectivity index (χ3n) is 3.01. The lowest BCUT2D eigenvalue weighted by Crippen LogP contribution is -2.06. The molecule has 0 saturated carbocycles. The highest BCUT2D eigenvalue weighted by Crippen LogP contribution is 2.22. The van der Waals surface area contributed by atoms with Crippen molar-refractivity contribution in [3.63, 3.8) is 0 Å². The summed E-state index contributed by atoms with van der Waals surface area (Å²) in [5.41, 5.74) is 1.47. The number of rotatable bonds is 6. The first-order valence-electron chi connectivity index (χ1n) is 7.44. The minimum atomic E-state index is -0.420. The number of aromatic nitrogens is 2. The fourth-order valence-corrected chi connectivity index (χ4v) is 1.91. The molecule has 0 radical (unpaired) electrons. The van der Waals surface area contributed by atoms with E-state index in [2.05, 4.69) is 11.2 Å². The molecule has 0 atom stereocenters. The van der Waals surface area contributed by atoms with E-state index in [1.54, 1.807) is 31.3 Å². The molecular formula is C17H19N3O3. The van der Waals surface area contributed by atoms with E-state index in [0.29, 0.717) is 41.7 Å². The van der Waals surface area contributed by atoms with Crippen LogP contribution in [-0.4, -0.2) is 29.0 Å². The van der Waals surface area contributed by atoms with Crippen LogP contribution in [0.5, 0.6) is 5.75 Å². The molecule has 0 spiro atoms. The van der Waals surface area contributed by atoms with Gasteiger partial charge in [0.15, 0.2) is 0 Å². The van der Waals surface area contributed by atoms with Crippen LogP contribution in [0.3, 0.4) is 0 Å². The molecule has 0 fully saturated rings. The van der Waals surface area contributed by atoms with Crippen molar-refractivity contribution in [2.45, 2.75) is 20.8 Å². The molecule has 1 aromatic carbocycles. The summed E-state index contributed by atoms with van der Waals surface area (Å²) in [6.45, 7) is 6.69. The van der Waals surface area contributed by atoms with Crippen molar-refractivity contribution in [1.82, 2.24) is 9.78 Å². The summed E-state index contributed by atoms with van der Waals surface area (Å²) in [4.78, 5) is 11.7. The van der Waals surface area contributed by atoms with Gasteiger partial charge in [-0.1, -0.05) is 13.8 Å². The quantitative estimate of drug-likeness (QED) is 0.766. The number of nitriles is 1. The molecule has 0 saturated heterocycles. The van der Waals surface area contributed by atoms with Gasteiger partial charge in [0.05, 0.1) is 36.2 Å². The maximum absolute atomic E-state index is 11.7. The third-order valence-corrected chi connectivity index (χ3v) is 3.01. The van der Waals surface area contributed by atoms with Gasteiger partial charge in [0.2, 0.25) is 0 Å². The topological polar surface area (TPSA) is 77.1 Å². The standard InChI is InChI=1S/C17H19N3O3/c1-4-22-17(21)14-9-19-20(10-14)15-5-6-16(13(7-15)8-18)23-11-12(2)3/h5-7,9-10,12H,4,11H2,1-3H3. The van der Waals surface area contributed by atoms with Crippen LogP contribution in [0.1, 0.15) is 36.7 Å². The van der Waals surface area contributed by atoms with Crippen LogP contribution in [-0.2, 0) is 4.74 Å². The lowest BCUT2D eigenvalue weighted by Gasteiger charge is -2.11. The SMILES string of the molecule is CCOC(=O)c1cnn(-c2ccc(OCC(C)C)c(C#N)c2)c1. The maximum atomic E-state index is 11.7. The van der Waals surface area contributed by atoms with Crippen LogP contribution >= 0.6 is 0 Å². The van der Waals surface area contributed by atoms with Crippen LogP contribution in [0.4, 0.5) is 0 Å². The average molecular weight is 313 g/mol. The Kier molecular flexibility index (Phi) is 5.36. The number of hydrogen-bond donors (Lipinski definition) is 0. The van der Waals surface area contributed by atoms with Crippen molar-refractivity contribution in [1.29, 1.82) is 5.26 Å². The van der Waals surface area contributed by atoms with E-state index in [9.17, 15) is 10.1 Å². The molecule has 0 N–H and O–H groups in total. The van der Waals surface area contributed by atoms with Gasteiger partial charge in [-0.25, -0.2) is 9.48 Å². The first-order valence-corrected chi connectivity index (χ1v) is 7.44. The highest BCUT2D eigenvalue weighted by molar-refractivity contribution is 5.88. The van der Waals surface area contributed by atoms with Gasteiger partial charge in [-0.2, -0.15) is 10.4 Å². The Bertz CT molecular complexity index is 729. The van der Waals surface area contributed by atoms with Gasteiger partial charge in [0, 0.05) is 6.20 Å². The summed E-state index contributed by atoms with van der Waals surface area (Å²) in [5.74, 6) is 0.498. The van der Waals surface area contributed by atoms with Crippen LogP contribution in [0.2, 0.25) is 0 Å². The molecule has 23 heavy (non-hydrogen) atoms. The van der Waals surface area contributed by atoms with Crippen LogP contribution < -0.4 is 4.74 Å². The molecule has 120 valence electrons. The number of carbonyl (C=O) groups is 1. The van der Waals surface area contributed by atoms with Gasteiger partial charge in [-0.15, -0.1) is 0 Å². The second-order valence-electron chi connectivity index (χ2n) is 5.39. The van der Waals surface area contributed by atoms with E-state index < -0.39 is 5.97 Å². The molecule has 6 nitrogen and oxygen atoms in total. The van der Waals surface area contributed by atoms with Crippen LogP contribution in [0.25, 0.3) is 5.69 Å². The number of benzene rings is 1. The predicted molar refractivity (Wildman–Crippen MR) is 84.6 cm³/mol. The fraction of sp³-hybridized carbons (Fsp3) is 0.353. The zero-order valence-electron chi connectivity index (χ0n) is 13.4. The summed E-state index contributed by atoms with van der Waals surface area (Å²) in [6, 6.07) is 7.33. The van der Waals surface area contributed by atoms with Gasteiger partial charge < -0.3 is 9.47 Å². The molecule has 0 aliphatic rings. The molecule has 1 aromatic heterocycles. The number of carbonyl (C=O) groups excluding carboxylic acids is 1. The largest absolute Gasteiger partial charge is 0.492 e. The van der Waals surface area contributed by atoms with E-state index >= 15 is 0 Å². The summed E-state index contributed by atoms with van der Waals surface area (Å²) in [5, 5.41) is 13.4. The average Bonchev–Trinajstić information content (AvgIpc) is 3.03. The Morgan fingerprint density at radius 2 is 2.22 bits per heavy atom. The molecule has 0 aliphatic heterocycles. The lowest BCUT2D eigenvalue weighted by molar-refractivity contribution is 0.0526. The van der Waals surface area contributed by atoms with E-state index in [1.807, 2.05) is 13.8 Å². The zero-order chi connectivity index (χ0) is 16.8. The fourth-order valence-electron chi connectivity index (χ4n) is 1.91. The van der Waals surface area contributed by atoms with E-state index in [-0.39, 0.29) is 0 Å². The number of nitrogens with zero attached hydrogens (tertiary/aromatic N) is 3. The number of esters is 1. The van der Waals surface area contributed by atoms with Crippen molar-refractivity contribution in [2.75, 3.05) is 13.2 Å². The first-order chi connectivity index (χ1) is 11.0. The van der Waals surface area contributed by atoms with Crippen LogP contribution in [0.15, 0.2) is 30.6 Å². The van der Waals surface area contributed by atoms with Crippen LogP contribution in [0, 0.1) is 17.2 Å². The Labute approximate surface area is 135 Å². The van der Waals surface area contributed by atoms with E-state index in [4.69, 9.17) is 9.47 Å². The molecule has 0 aliphatic carbocycles. The molecule has 6 heteroatoms. The van der Waals surface area contributed by atoms with Crippen molar-refractivity contribution in [3.05, 3.63) is 41.7 Å². The summed E-state index contributed by atoms with van der Waals surface area (Å²) in [7, 11) is 0. The van der Waals surface area contributed by atoms with Gasteiger partial charge in [0.1, 0.15) is 11.8 Å². The number of hydrogen-bond acceptors (Lipinski definition) is 5. The second-order valence-corrected chi connectivity index (χ2v) is 5.39. The Hall–Kier alpha value is -2.81. The van der Waals surface area contributed by atoms with Crippen molar-refractivity contribution >= 4 is 5.97 Å². The lowest BCUT2D eigenvalue weighted by atomic mass is 10.2.